The molecule has 2 rings (SSSR count). The van der Waals surface area contributed by atoms with Crippen molar-refractivity contribution in [3.8, 4) is 0 Å². The van der Waals surface area contributed by atoms with Gasteiger partial charge in [0.1, 0.15) is 6.04 Å². The molecule has 27 heavy (non-hydrogen) atoms. The van der Waals surface area contributed by atoms with Gasteiger partial charge in [0.05, 0.1) is 5.92 Å². The molecule has 0 aliphatic rings. The fourth-order valence-electron chi connectivity index (χ4n) is 3.05. The van der Waals surface area contributed by atoms with Crippen LogP contribution in [0.2, 0.25) is 0 Å². The normalized spacial score (nSPS) is 13.4. The van der Waals surface area contributed by atoms with Gasteiger partial charge in [-0.1, -0.05) is 74.5 Å². The van der Waals surface area contributed by atoms with E-state index in [2.05, 4.69) is 5.32 Å². The minimum atomic E-state index is -1.12. The fraction of sp³-hybridized carbons (Fsp3) is 0.318. The average Bonchev–Trinajstić information content (AvgIpc) is 2.66. The number of carbonyl (C=O) groups excluding carboxylic acids is 2. The van der Waals surface area contributed by atoms with Crippen molar-refractivity contribution < 1.29 is 19.5 Å². The van der Waals surface area contributed by atoms with Crippen LogP contribution in [0.1, 0.15) is 43.1 Å². The summed E-state index contributed by atoms with van der Waals surface area (Å²) in [6.45, 7) is 5.21. The third kappa shape index (κ3) is 5.03. The lowest BCUT2D eigenvalue weighted by atomic mass is 9.70. The Balaban J connectivity index is 2.34. The molecule has 0 aromatic heterocycles. The number of ketones is 1. The van der Waals surface area contributed by atoms with Crippen LogP contribution in [0.25, 0.3) is 0 Å². The Bertz CT molecular complexity index is 800. The van der Waals surface area contributed by atoms with Crippen molar-refractivity contribution in [2.45, 2.75) is 38.6 Å². The summed E-state index contributed by atoms with van der Waals surface area (Å²) in [5, 5.41) is 11.6. The number of aliphatic carboxylic acids is 1. The molecule has 2 atom stereocenters. The summed E-state index contributed by atoms with van der Waals surface area (Å²) in [6, 6.07) is 17.2. The Labute approximate surface area is 159 Å². The zero-order valence-electron chi connectivity index (χ0n) is 15.8. The number of hydrogen-bond donors (Lipinski definition) is 2. The molecule has 142 valence electrons. The topological polar surface area (TPSA) is 83.5 Å². The first-order valence-corrected chi connectivity index (χ1v) is 8.90. The van der Waals surface area contributed by atoms with Gasteiger partial charge >= 0.3 is 5.97 Å². The van der Waals surface area contributed by atoms with E-state index in [-0.39, 0.29) is 12.2 Å². The largest absolute Gasteiger partial charge is 0.480 e. The fourth-order valence-corrected chi connectivity index (χ4v) is 3.05. The maximum Gasteiger partial charge on any atom is 0.325 e. The number of carbonyl (C=O) groups is 3. The molecular weight excluding hydrogens is 342 g/mol. The van der Waals surface area contributed by atoms with E-state index in [9.17, 15) is 14.4 Å². The van der Waals surface area contributed by atoms with Gasteiger partial charge in [0.25, 0.3) is 0 Å². The molecule has 0 radical (unpaired) electrons. The van der Waals surface area contributed by atoms with E-state index in [1.165, 1.54) is 6.92 Å². The SMILES string of the molecule is C[C@H](NC(=O)[C@@H](CC(=O)c1ccccc1)C(C)(C)c1ccccc1)C(=O)O. The molecule has 5 heteroatoms. The molecule has 0 fully saturated rings. The van der Waals surface area contributed by atoms with Crippen LogP contribution in [-0.4, -0.2) is 28.8 Å². The number of hydrogen-bond acceptors (Lipinski definition) is 3. The minimum Gasteiger partial charge on any atom is -0.480 e. The number of carboxylic acid groups (broad SMARTS) is 1. The molecule has 0 bridgehead atoms. The summed E-state index contributed by atoms with van der Waals surface area (Å²) in [5.74, 6) is -2.42. The van der Waals surface area contributed by atoms with Crippen LogP contribution < -0.4 is 5.32 Å². The van der Waals surface area contributed by atoms with Crippen molar-refractivity contribution in [2.24, 2.45) is 5.92 Å². The summed E-state index contributed by atoms with van der Waals surface area (Å²) in [6.07, 6.45) is -0.00984. The molecule has 2 aromatic rings. The highest BCUT2D eigenvalue weighted by Crippen LogP contribution is 2.35. The molecule has 2 aromatic carbocycles. The zero-order chi connectivity index (χ0) is 20.0. The van der Waals surface area contributed by atoms with E-state index in [1.807, 2.05) is 50.2 Å². The van der Waals surface area contributed by atoms with E-state index in [0.29, 0.717) is 5.56 Å². The first-order valence-electron chi connectivity index (χ1n) is 8.90. The number of rotatable bonds is 8. The number of benzene rings is 2. The molecule has 0 unspecified atom stereocenters. The highest BCUT2D eigenvalue weighted by molar-refractivity contribution is 5.99. The summed E-state index contributed by atoms with van der Waals surface area (Å²) >= 11 is 0. The maximum absolute atomic E-state index is 12.9. The number of carboxylic acids is 1. The smallest absolute Gasteiger partial charge is 0.325 e. The summed E-state index contributed by atoms with van der Waals surface area (Å²) in [4.78, 5) is 36.8. The van der Waals surface area contributed by atoms with Gasteiger partial charge in [-0.15, -0.1) is 0 Å². The van der Waals surface area contributed by atoms with Crippen LogP contribution in [0.3, 0.4) is 0 Å². The van der Waals surface area contributed by atoms with Gasteiger partial charge < -0.3 is 10.4 Å². The van der Waals surface area contributed by atoms with E-state index in [4.69, 9.17) is 5.11 Å². The maximum atomic E-state index is 12.9. The van der Waals surface area contributed by atoms with Crippen molar-refractivity contribution in [3.63, 3.8) is 0 Å². The van der Waals surface area contributed by atoms with Crippen LogP contribution in [0, 0.1) is 5.92 Å². The predicted octanol–water partition coefficient (Wildman–Crippen LogP) is 3.44. The molecule has 0 spiro atoms. The first-order chi connectivity index (χ1) is 12.7. The third-order valence-corrected chi connectivity index (χ3v) is 4.92. The van der Waals surface area contributed by atoms with E-state index < -0.39 is 29.3 Å². The minimum absolute atomic E-state index is 0.00984. The Kier molecular flexibility index (Phi) is 6.50. The summed E-state index contributed by atoms with van der Waals surface area (Å²) in [5.41, 5.74) is 0.785. The van der Waals surface area contributed by atoms with E-state index in [0.717, 1.165) is 5.56 Å². The van der Waals surface area contributed by atoms with Crippen LogP contribution in [-0.2, 0) is 15.0 Å². The van der Waals surface area contributed by atoms with Crippen molar-refractivity contribution in [1.29, 1.82) is 0 Å². The van der Waals surface area contributed by atoms with E-state index >= 15 is 0 Å². The number of nitrogens with one attached hydrogen (secondary N) is 1. The molecule has 2 N–H and O–H groups in total. The zero-order valence-corrected chi connectivity index (χ0v) is 15.8. The highest BCUT2D eigenvalue weighted by atomic mass is 16.4. The third-order valence-electron chi connectivity index (χ3n) is 4.92. The Morgan fingerprint density at radius 2 is 1.48 bits per heavy atom. The molecule has 0 saturated carbocycles. The van der Waals surface area contributed by atoms with Crippen LogP contribution in [0.15, 0.2) is 60.7 Å². The molecular formula is C22H25NO4. The molecule has 1 amide bonds. The Morgan fingerprint density at radius 1 is 0.963 bits per heavy atom. The molecule has 5 nitrogen and oxygen atoms in total. The second kappa shape index (κ2) is 8.62. The van der Waals surface area contributed by atoms with Crippen molar-refractivity contribution in [2.75, 3.05) is 0 Å². The van der Waals surface area contributed by atoms with Crippen molar-refractivity contribution >= 4 is 17.7 Å². The quantitative estimate of drug-likeness (QED) is 0.700. The standard InChI is InChI=1S/C22H25NO4/c1-15(21(26)27)23-20(25)18(14-19(24)16-10-6-4-7-11-16)22(2,3)17-12-8-5-9-13-17/h4-13,15,18H,14H2,1-3H3,(H,23,25)(H,26,27)/t15-,18+/m0/s1. The van der Waals surface area contributed by atoms with Crippen molar-refractivity contribution in [3.05, 3.63) is 71.8 Å². The molecule has 0 heterocycles. The monoisotopic (exact) mass is 367 g/mol. The van der Waals surface area contributed by atoms with Crippen molar-refractivity contribution in [1.82, 2.24) is 5.32 Å². The lowest BCUT2D eigenvalue weighted by Gasteiger charge is -2.34. The number of Topliss-reactive ketones (excluding diaryl/α,β-unsaturated/α-hetero) is 1. The number of amides is 1. The first kappa shape index (κ1) is 20.4. The average molecular weight is 367 g/mol. The second-order valence-corrected chi connectivity index (χ2v) is 7.20. The lowest BCUT2D eigenvalue weighted by molar-refractivity contribution is -0.142. The van der Waals surface area contributed by atoms with Gasteiger partial charge in [-0.05, 0) is 12.5 Å². The molecule has 0 aliphatic heterocycles. The van der Waals surface area contributed by atoms with Crippen LogP contribution in [0.5, 0.6) is 0 Å². The van der Waals surface area contributed by atoms with Gasteiger partial charge in [-0.25, -0.2) is 0 Å². The summed E-state index contributed by atoms with van der Waals surface area (Å²) in [7, 11) is 0. The highest BCUT2D eigenvalue weighted by Gasteiger charge is 2.39. The van der Waals surface area contributed by atoms with Gasteiger partial charge in [0, 0.05) is 17.4 Å². The Morgan fingerprint density at radius 3 is 2.00 bits per heavy atom. The van der Waals surface area contributed by atoms with E-state index in [1.54, 1.807) is 24.3 Å². The Hall–Kier alpha value is -2.95. The van der Waals surface area contributed by atoms with Gasteiger partial charge in [-0.2, -0.15) is 0 Å². The lowest BCUT2D eigenvalue weighted by Crippen LogP contribution is -2.47. The van der Waals surface area contributed by atoms with Gasteiger partial charge in [0.15, 0.2) is 5.78 Å². The van der Waals surface area contributed by atoms with Crippen LogP contribution in [0.4, 0.5) is 0 Å². The predicted molar refractivity (Wildman–Crippen MR) is 104 cm³/mol. The van der Waals surface area contributed by atoms with Gasteiger partial charge in [0.2, 0.25) is 5.91 Å². The molecule has 0 aliphatic carbocycles. The second-order valence-electron chi connectivity index (χ2n) is 7.20. The van der Waals surface area contributed by atoms with Gasteiger partial charge in [-0.3, -0.25) is 14.4 Å². The summed E-state index contributed by atoms with van der Waals surface area (Å²) < 4.78 is 0. The molecule has 0 saturated heterocycles. The van der Waals surface area contributed by atoms with Crippen LogP contribution >= 0.6 is 0 Å².